The maximum absolute atomic E-state index is 12.2. The van der Waals surface area contributed by atoms with Crippen LogP contribution in [0.25, 0.3) is 0 Å². The Kier molecular flexibility index (Phi) is 8.72. The van der Waals surface area contributed by atoms with Crippen molar-refractivity contribution in [3.63, 3.8) is 0 Å². The summed E-state index contributed by atoms with van der Waals surface area (Å²) in [6.45, 7) is 4.93. The van der Waals surface area contributed by atoms with Gasteiger partial charge >= 0.3 is 0 Å². The van der Waals surface area contributed by atoms with E-state index in [0.717, 1.165) is 56.0 Å². The molecule has 1 saturated heterocycles. The first kappa shape index (κ1) is 21.8. The maximum Gasteiger partial charge on any atom is 0.253 e. The number of carbonyl (C=O) groups is 1. The minimum atomic E-state index is -0.327. The van der Waals surface area contributed by atoms with Gasteiger partial charge in [0.25, 0.3) is 5.91 Å². The van der Waals surface area contributed by atoms with E-state index in [0.29, 0.717) is 13.2 Å². The third-order valence-electron chi connectivity index (χ3n) is 4.96. The number of nitrogens with one attached hydrogen (secondary N) is 3. The monoisotopic (exact) mass is 408 g/mol. The fourth-order valence-corrected chi connectivity index (χ4v) is 3.41. The first-order valence-electron chi connectivity index (χ1n) is 10.8. The van der Waals surface area contributed by atoms with Crippen LogP contribution in [0.4, 0.5) is 5.69 Å². The van der Waals surface area contributed by atoms with E-state index in [4.69, 9.17) is 4.74 Å². The smallest absolute Gasteiger partial charge is 0.253 e. The molecule has 1 aliphatic heterocycles. The van der Waals surface area contributed by atoms with E-state index in [9.17, 15) is 4.79 Å². The van der Waals surface area contributed by atoms with Gasteiger partial charge < -0.3 is 20.7 Å². The molecule has 1 unspecified atom stereocenters. The second-order valence-corrected chi connectivity index (χ2v) is 7.40. The molecule has 1 heterocycles. The molecule has 1 atom stereocenters. The topological polar surface area (TPSA) is 74.8 Å². The molecule has 6 heteroatoms. The summed E-state index contributed by atoms with van der Waals surface area (Å²) >= 11 is 0. The van der Waals surface area contributed by atoms with Crippen LogP contribution in [-0.4, -0.2) is 37.7 Å². The minimum absolute atomic E-state index is 0.0680. The highest BCUT2D eigenvalue weighted by molar-refractivity contribution is 5.94. The Labute approximate surface area is 179 Å². The van der Waals surface area contributed by atoms with Crippen LogP contribution < -0.4 is 16.0 Å². The number of anilines is 1. The lowest BCUT2D eigenvalue weighted by Crippen LogP contribution is -2.37. The molecular weight excluding hydrogens is 376 g/mol. The minimum Gasteiger partial charge on any atom is -0.368 e. The molecule has 0 aromatic heterocycles. The summed E-state index contributed by atoms with van der Waals surface area (Å²) in [6.07, 6.45) is 3.49. The van der Waals surface area contributed by atoms with Crippen LogP contribution in [0.5, 0.6) is 0 Å². The van der Waals surface area contributed by atoms with E-state index in [2.05, 4.69) is 52.1 Å². The molecule has 1 aliphatic rings. The van der Waals surface area contributed by atoms with E-state index in [1.807, 2.05) is 30.3 Å². The zero-order valence-corrected chi connectivity index (χ0v) is 17.7. The zero-order valence-electron chi connectivity index (χ0n) is 17.7. The predicted molar refractivity (Wildman–Crippen MR) is 122 cm³/mol. The molecule has 0 bridgehead atoms. The Morgan fingerprint density at radius 3 is 2.70 bits per heavy atom. The zero-order chi connectivity index (χ0) is 21.0. The van der Waals surface area contributed by atoms with Gasteiger partial charge in [0.1, 0.15) is 6.10 Å². The Balaban J connectivity index is 1.49. The summed E-state index contributed by atoms with van der Waals surface area (Å²) in [6, 6.07) is 18.3. The summed E-state index contributed by atoms with van der Waals surface area (Å²) < 4.78 is 5.45. The molecule has 1 fully saturated rings. The summed E-state index contributed by atoms with van der Waals surface area (Å²) in [5, 5.41) is 9.64. The van der Waals surface area contributed by atoms with Gasteiger partial charge in [-0.15, -0.1) is 0 Å². The molecule has 30 heavy (non-hydrogen) atoms. The van der Waals surface area contributed by atoms with Crippen LogP contribution in [0, 0.1) is 0 Å². The Hall–Kier alpha value is -2.86. The van der Waals surface area contributed by atoms with Crippen LogP contribution in [0.2, 0.25) is 0 Å². The number of benzene rings is 2. The molecular formula is C24H32N4O2. The van der Waals surface area contributed by atoms with E-state index in [1.54, 1.807) is 0 Å². The standard InChI is InChI=1S/C24H32N4O2/c1-2-25-24(26-15-7-12-19-9-4-3-5-10-19)27-18-20-11-6-13-21(17-20)28-23(29)22-14-8-16-30-22/h3-6,9-11,13,17,22H,2,7-8,12,14-16,18H2,1H3,(H,28,29)(H2,25,26,27). The number of amides is 1. The number of ether oxygens (including phenoxy) is 1. The van der Waals surface area contributed by atoms with Gasteiger partial charge in [-0.2, -0.15) is 0 Å². The van der Waals surface area contributed by atoms with Gasteiger partial charge in [0.2, 0.25) is 0 Å². The van der Waals surface area contributed by atoms with Crippen LogP contribution in [0.1, 0.15) is 37.3 Å². The highest BCUT2D eigenvalue weighted by Crippen LogP contribution is 2.16. The summed E-state index contributed by atoms with van der Waals surface area (Å²) in [7, 11) is 0. The van der Waals surface area contributed by atoms with Crippen molar-refractivity contribution in [1.29, 1.82) is 0 Å². The van der Waals surface area contributed by atoms with Gasteiger partial charge in [-0.25, -0.2) is 4.99 Å². The van der Waals surface area contributed by atoms with Crippen molar-refractivity contribution in [2.45, 2.75) is 45.3 Å². The van der Waals surface area contributed by atoms with Gasteiger partial charge in [-0.3, -0.25) is 4.79 Å². The second kappa shape index (κ2) is 12.0. The molecule has 0 aliphatic carbocycles. The molecule has 0 saturated carbocycles. The molecule has 2 aromatic rings. The Bertz CT molecular complexity index is 817. The SMILES string of the molecule is CCNC(=NCc1cccc(NC(=O)C2CCCO2)c1)NCCCc1ccccc1. The second-order valence-electron chi connectivity index (χ2n) is 7.40. The number of nitrogens with zero attached hydrogens (tertiary/aromatic N) is 1. The van der Waals surface area contributed by atoms with Crippen molar-refractivity contribution in [2.75, 3.05) is 25.0 Å². The average Bonchev–Trinajstić information content (AvgIpc) is 3.31. The molecule has 3 rings (SSSR count). The van der Waals surface area contributed by atoms with Crippen molar-refractivity contribution in [3.8, 4) is 0 Å². The van der Waals surface area contributed by atoms with Crippen LogP contribution in [0.3, 0.4) is 0 Å². The van der Waals surface area contributed by atoms with Crippen molar-refractivity contribution in [3.05, 3.63) is 65.7 Å². The van der Waals surface area contributed by atoms with Crippen molar-refractivity contribution < 1.29 is 9.53 Å². The van der Waals surface area contributed by atoms with E-state index < -0.39 is 0 Å². The molecule has 6 nitrogen and oxygen atoms in total. The first-order valence-corrected chi connectivity index (χ1v) is 10.8. The van der Waals surface area contributed by atoms with Crippen molar-refractivity contribution >= 4 is 17.6 Å². The summed E-state index contributed by atoms with van der Waals surface area (Å²) in [5.74, 6) is 0.737. The number of hydrogen-bond acceptors (Lipinski definition) is 3. The van der Waals surface area contributed by atoms with Gasteiger partial charge in [0.05, 0.1) is 6.54 Å². The lowest BCUT2D eigenvalue weighted by molar-refractivity contribution is -0.124. The third kappa shape index (κ3) is 7.19. The average molecular weight is 409 g/mol. The molecule has 0 radical (unpaired) electrons. The molecule has 2 aromatic carbocycles. The number of aliphatic imine (C=N–C) groups is 1. The fraction of sp³-hybridized carbons (Fsp3) is 0.417. The van der Waals surface area contributed by atoms with E-state index in [-0.39, 0.29) is 12.0 Å². The first-order chi connectivity index (χ1) is 14.7. The van der Waals surface area contributed by atoms with Crippen LogP contribution in [-0.2, 0) is 22.5 Å². The van der Waals surface area contributed by atoms with Gasteiger partial charge in [-0.1, -0.05) is 42.5 Å². The number of guanidine groups is 1. The van der Waals surface area contributed by atoms with Crippen molar-refractivity contribution in [1.82, 2.24) is 10.6 Å². The van der Waals surface area contributed by atoms with Gasteiger partial charge in [-0.05, 0) is 55.9 Å². The normalized spacial score (nSPS) is 16.3. The number of carbonyl (C=O) groups excluding carboxylic acids is 1. The molecule has 1 amide bonds. The van der Waals surface area contributed by atoms with Crippen LogP contribution >= 0.6 is 0 Å². The summed E-state index contributed by atoms with van der Waals surface area (Å²) in [4.78, 5) is 16.9. The number of aryl methyl sites for hydroxylation is 1. The molecule has 160 valence electrons. The van der Waals surface area contributed by atoms with Crippen LogP contribution in [0.15, 0.2) is 59.6 Å². The third-order valence-corrected chi connectivity index (χ3v) is 4.96. The lowest BCUT2D eigenvalue weighted by atomic mass is 10.1. The lowest BCUT2D eigenvalue weighted by Gasteiger charge is -2.12. The molecule has 0 spiro atoms. The van der Waals surface area contributed by atoms with E-state index in [1.165, 1.54) is 5.56 Å². The molecule has 3 N–H and O–H groups in total. The largest absolute Gasteiger partial charge is 0.368 e. The number of rotatable bonds is 9. The quantitative estimate of drug-likeness (QED) is 0.337. The fourth-order valence-electron chi connectivity index (χ4n) is 3.41. The van der Waals surface area contributed by atoms with E-state index >= 15 is 0 Å². The highest BCUT2D eigenvalue weighted by Gasteiger charge is 2.23. The summed E-state index contributed by atoms with van der Waals surface area (Å²) in [5.41, 5.74) is 3.17. The predicted octanol–water partition coefficient (Wildman–Crippen LogP) is 3.49. The number of hydrogen-bond donors (Lipinski definition) is 3. The van der Waals surface area contributed by atoms with Gasteiger partial charge in [0, 0.05) is 25.4 Å². The Morgan fingerprint density at radius 2 is 1.93 bits per heavy atom. The highest BCUT2D eigenvalue weighted by atomic mass is 16.5. The van der Waals surface area contributed by atoms with Gasteiger partial charge in [0.15, 0.2) is 5.96 Å². The van der Waals surface area contributed by atoms with Crippen molar-refractivity contribution in [2.24, 2.45) is 4.99 Å². The Morgan fingerprint density at radius 1 is 1.10 bits per heavy atom. The maximum atomic E-state index is 12.2.